The smallest absolute Gasteiger partial charge is 0.410 e. The van der Waals surface area contributed by atoms with E-state index in [2.05, 4.69) is 18.5 Å². The van der Waals surface area contributed by atoms with E-state index in [1.165, 1.54) is 0 Å². The van der Waals surface area contributed by atoms with Crippen molar-refractivity contribution >= 4 is 12.1 Å². The molecule has 0 spiro atoms. The normalized spacial score (nSPS) is 16.2. The molecule has 8 heteroatoms. The zero-order chi connectivity index (χ0) is 24.1. The molecule has 2 N–H and O–H groups in total. The molecule has 0 radical (unpaired) electrons. The predicted molar refractivity (Wildman–Crippen MR) is 122 cm³/mol. The Bertz CT molecular complexity index is 624. The van der Waals surface area contributed by atoms with Crippen LogP contribution in [0.2, 0.25) is 0 Å². The monoisotopic (exact) mass is 455 g/mol. The Morgan fingerprint density at radius 1 is 1.03 bits per heavy atom. The summed E-state index contributed by atoms with van der Waals surface area (Å²) in [5, 5.41) is 12.5. The zero-order valence-electron chi connectivity index (χ0n) is 20.1. The summed E-state index contributed by atoms with van der Waals surface area (Å²) in [6.07, 6.45) is 4.40. The molecule has 1 atom stereocenters. The maximum absolute atomic E-state index is 12.4. The number of esters is 1. The second-order valence-corrected chi connectivity index (χ2v) is 9.16. The van der Waals surface area contributed by atoms with Crippen LogP contribution in [0.1, 0.15) is 79.1 Å². The number of hydrogen-bond donors (Lipinski definition) is 2. The number of hydrogen-bond acceptors (Lipinski definition) is 7. The number of nitrogens with one attached hydrogen (secondary N) is 1. The lowest BCUT2D eigenvalue weighted by molar-refractivity contribution is -0.175. The van der Waals surface area contributed by atoms with Gasteiger partial charge in [-0.25, -0.2) is 4.79 Å². The molecule has 1 aliphatic rings. The molecule has 0 aromatic rings. The summed E-state index contributed by atoms with van der Waals surface area (Å²) in [4.78, 5) is 24.5. The summed E-state index contributed by atoms with van der Waals surface area (Å²) in [6.45, 7) is 15.3. The molecule has 0 aromatic carbocycles. The molecule has 0 aliphatic heterocycles. The molecule has 32 heavy (non-hydrogen) atoms. The molecule has 0 aromatic heterocycles. The van der Waals surface area contributed by atoms with Crippen molar-refractivity contribution in [2.75, 3.05) is 13.2 Å². The fraction of sp³-hybridized carbons (Fsp3) is 0.750. The summed E-state index contributed by atoms with van der Waals surface area (Å²) in [5.74, 6) is -0.342. The van der Waals surface area contributed by atoms with E-state index >= 15 is 0 Å². The fourth-order valence-corrected chi connectivity index (χ4v) is 3.74. The lowest BCUT2D eigenvalue weighted by Crippen LogP contribution is -2.41. The van der Waals surface area contributed by atoms with Crippen molar-refractivity contribution in [1.82, 2.24) is 5.32 Å². The summed E-state index contributed by atoms with van der Waals surface area (Å²) in [7, 11) is 0. The lowest BCUT2D eigenvalue weighted by atomic mass is 9.71. The van der Waals surface area contributed by atoms with E-state index in [4.69, 9.17) is 18.9 Å². The van der Waals surface area contributed by atoms with Gasteiger partial charge in [-0.3, -0.25) is 4.79 Å². The first-order chi connectivity index (χ1) is 15.0. The highest BCUT2D eigenvalue weighted by atomic mass is 16.7. The predicted octanol–water partition coefficient (Wildman–Crippen LogP) is 5.34. The Morgan fingerprint density at radius 3 is 2.25 bits per heavy atom. The van der Waals surface area contributed by atoms with Gasteiger partial charge in [0.25, 0.3) is 12.2 Å². The number of carbonyl (C=O) groups excluding carboxylic acids is 2. The van der Waals surface area contributed by atoms with E-state index in [9.17, 15) is 14.7 Å². The van der Waals surface area contributed by atoms with E-state index in [0.717, 1.165) is 32.1 Å². The van der Waals surface area contributed by atoms with Crippen molar-refractivity contribution in [3.8, 4) is 0 Å². The highest BCUT2D eigenvalue weighted by Gasteiger charge is 2.34. The van der Waals surface area contributed by atoms with Crippen molar-refractivity contribution in [2.24, 2.45) is 11.3 Å². The SMILES string of the molecule is C=C(O)CC1(CNC(=O)OC(OC(=O)CCCOC(=C)OC(C)C)C(C)C)CCCCC1. The van der Waals surface area contributed by atoms with Gasteiger partial charge in [0, 0.05) is 25.3 Å². The number of alkyl carbamates (subject to hydrolysis) is 1. The zero-order valence-corrected chi connectivity index (χ0v) is 20.1. The van der Waals surface area contributed by atoms with Gasteiger partial charge in [0.05, 0.1) is 18.5 Å². The molecular weight excluding hydrogens is 414 g/mol. The third kappa shape index (κ3) is 11.3. The summed E-state index contributed by atoms with van der Waals surface area (Å²) >= 11 is 0. The Morgan fingerprint density at radius 2 is 1.69 bits per heavy atom. The molecule has 1 aliphatic carbocycles. The minimum Gasteiger partial charge on any atom is -0.513 e. The number of aliphatic hydroxyl groups is 1. The Kier molecular flexibility index (Phi) is 12.0. The van der Waals surface area contributed by atoms with Gasteiger partial charge in [-0.2, -0.15) is 0 Å². The molecule has 1 amide bonds. The van der Waals surface area contributed by atoms with Crippen molar-refractivity contribution in [3.63, 3.8) is 0 Å². The molecule has 8 nitrogen and oxygen atoms in total. The van der Waals surface area contributed by atoms with Gasteiger partial charge < -0.3 is 29.4 Å². The van der Waals surface area contributed by atoms with Crippen molar-refractivity contribution < 1.29 is 33.6 Å². The van der Waals surface area contributed by atoms with Crippen LogP contribution in [0.5, 0.6) is 0 Å². The first kappa shape index (κ1) is 27.7. The number of rotatable bonds is 14. The maximum Gasteiger partial charge on any atom is 0.410 e. The number of amides is 1. The molecule has 1 saturated carbocycles. The third-order valence-corrected chi connectivity index (χ3v) is 5.27. The van der Waals surface area contributed by atoms with Crippen molar-refractivity contribution in [2.45, 2.75) is 91.5 Å². The average molecular weight is 456 g/mol. The molecule has 184 valence electrons. The molecule has 0 bridgehead atoms. The van der Waals surface area contributed by atoms with E-state index in [0.29, 0.717) is 19.4 Å². The van der Waals surface area contributed by atoms with Crippen molar-refractivity contribution in [1.29, 1.82) is 0 Å². The van der Waals surface area contributed by atoms with Gasteiger partial charge in [0.2, 0.25) is 0 Å². The summed E-state index contributed by atoms with van der Waals surface area (Å²) < 4.78 is 21.3. The molecule has 1 unspecified atom stereocenters. The standard InChI is InChI=1S/C24H41NO7/c1-17(2)22(31-21(27)11-10-14-29-20(6)30-18(3)4)32-23(28)25-16-24(15-19(5)26)12-8-7-9-13-24/h17-18,22,26H,5-16H2,1-4H3,(H,25,28). The van der Waals surface area contributed by atoms with Gasteiger partial charge in [-0.05, 0) is 45.1 Å². The number of aliphatic hydroxyl groups excluding tert-OH is 1. The third-order valence-electron chi connectivity index (χ3n) is 5.27. The second-order valence-electron chi connectivity index (χ2n) is 9.16. The molecule has 0 heterocycles. The fourth-order valence-electron chi connectivity index (χ4n) is 3.74. The maximum atomic E-state index is 12.4. The quantitative estimate of drug-likeness (QED) is 0.158. The van der Waals surface area contributed by atoms with Gasteiger partial charge in [-0.15, -0.1) is 0 Å². The van der Waals surface area contributed by atoms with Crippen LogP contribution in [0, 0.1) is 11.3 Å². The summed E-state index contributed by atoms with van der Waals surface area (Å²) in [6, 6.07) is 0. The van der Waals surface area contributed by atoms with Crippen LogP contribution in [0.3, 0.4) is 0 Å². The second kappa shape index (κ2) is 13.9. The van der Waals surface area contributed by atoms with Crippen LogP contribution < -0.4 is 5.32 Å². The van der Waals surface area contributed by atoms with Crippen LogP contribution in [0.15, 0.2) is 24.9 Å². The van der Waals surface area contributed by atoms with E-state index in [-0.39, 0.29) is 42.2 Å². The van der Waals surface area contributed by atoms with Crippen LogP contribution in [0.4, 0.5) is 4.79 Å². The lowest BCUT2D eigenvalue weighted by Gasteiger charge is -2.37. The average Bonchev–Trinajstić information content (AvgIpc) is 2.69. The van der Waals surface area contributed by atoms with Gasteiger partial charge in [-0.1, -0.05) is 39.7 Å². The Balaban J connectivity index is 2.44. The van der Waals surface area contributed by atoms with Crippen LogP contribution in [-0.2, 0) is 23.7 Å². The number of ether oxygens (including phenoxy) is 4. The molecule has 1 rings (SSSR count). The molecular formula is C24H41NO7. The topological polar surface area (TPSA) is 103 Å². The highest BCUT2D eigenvalue weighted by Crippen LogP contribution is 2.40. The van der Waals surface area contributed by atoms with Crippen LogP contribution in [0.25, 0.3) is 0 Å². The van der Waals surface area contributed by atoms with Crippen LogP contribution >= 0.6 is 0 Å². The number of allylic oxidation sites excluding steroid dienone is 1. The largest absolute Gasteiger partial charge is 0.513 e. The van der Waals surface area contributed by atoms with E-state index < -0.39 is 18.4 Å². The van der Waals surface area contributed by atoms with Crippen molar-refractivity contribution in [3.05, 3.63) is 24.9 Å². The minimum absolute atomic E-state index is 0.0296. The molecule has 0 saturated heterocycles. The van der Waals surface area contributed by atoms with E-state index in [1.807, 2.05) is 13.8 Å². The van der Waals surface area contributed by atoms with E-state index in [1.54, 1.807) is 13.8 Å². The Hall–Kier alpha value is -2.38. The van der Waals surface area contributed by atoms with Gasteiger partial charge >= 0.3 is 12.1 Å². The van der Waals surface area contributed by atoms with Gasteiger partial charge in [0.1, 0.15) is 0 Å². The first-order valence-corrected chi connectivity index (χ1v) is 11.5. The number of carbonyl (C=O) groups is 2. The minimum atomic E-state index is -0.988. The molecule has 1 fully saturated rings. The first-order valence-electron chi connectivity index (χ1n) is 11.5. The van der Waals surface area contributed by atoms with Gasteiger partial charge in [0.15, 0.2) is 0 Å². The Labute approximate surface area is 192 Å². The van der Waals surface area contributed by atoms with Crippen LogP contribution in [-0.4, -0.2) is 42.7 Å². The summed E-state index contributed by atoms with van der Waals surface area (Å²) in [5.41, 5.74) is -0.212. The highest BCUT2D eigenvalue weighted by molar-refractivity contribution is 5.70.